The monoisotopic (exact) mass is 319 g/mol. The van der Waals surface area contributed by atoms with Crippen molar-refractivity contribution >= 4 is 27.4 Å². The van der Waals surface area contributed by atoms with Gasteiger partial charge in [0.15, 0.2) is 5.78 Å². The minimum atomic E-state index is -0.0789. The Hall–Kier alpha value is -1.81. The van der Waals surface area contributed by atoms with E-state index in [1.54, 1.807) is 30.3 Å². The molecular formula is C15H14BrNO2. The van der Waals surface area contributed by atoms with E-state index in [0.717, 1.165) is 0 Å². The third-order valence-electron chi connectivity index (χ3n) is 2.69. The van der Waals surface area contributed by atoms with Crippen LogP contribution in [0.5, 0.6) is 5.75 Å². The van der Waals surface area contributed by atoms with Crippen LogP contribution in [0.15, 0.2) is 46.9 Å². The molecular weight excluding hydrogens is 306 g/mol. The Balaban J connectivity index is 2.41. The summed E-state index contributed by atoms with van der Waals surface area (Å²) in [7, 11) is 0. The van der Waals surface area contributed by atoms with E-state index >= 15 is 0 Å². The van der Waals surface area contributed by atoms with Crippen LogP contribution in [0.25, 0.3) is 0 Å². The number of carbonyl (C=O) groups is 1. The summed E-state index contributed by atoms with van der Waals surface area (Å²) in [6.45, 7) is 2.41. The van der Waals surface area contributed by atoms with Gasteiger partial charge in [0.05, 0.1) is 12.2 Å². The molecule has 0 aliphatic carbocycles. The van der Waals surface area contributed by atoms with Crippen LogP contribution in [0.3, 0.4) is 0 Å². The second kappa shape index (κ2) is 5.89. The lowest BCUT2D eigenvalue weighted by Crippen LogP contribution is -2.05. The average Bonchev–Trinajstić information content (AvgIpc) is 2.42. The summed E-state index contributed by atoms with van der Waals surface area (Å²) in [6.07, 6.45) is 0. The third-order valence-corrected chi connectivity index (χ3v) is 3.38. The average molecular weight is 320 g/mol. The standard InChI is InChI=1S/C15H14BrNO2/c1-2-19-14-6-4-3-5-11(14)15(18)10-7-8-13(17)12(16)9-10/h3-9H,2,17H2,1H3. The fourth-order valence-electron chi connectivity index (χ4n) is 1.76. The van der Waals surface area contributed by atoms with Gasteiger partial charge in [-0.25, -0.2) is 0 Å². The molecule has 4 heteroatoms. The summed E-state index contributed by atoms with van der Waals surface area (Å²) in [5.41, 5.74) is 7.46. The molecule has 3 nitrogen and oxygen atoms in total. The van der Waals surface area contributed by atoms with E-state index in [1.165, 1.54) is 0 Å². The molecule has 0 spiro atoms. The Morgan fingerprint density at radius 3 is 2.68 bits per heavy atom. The highest BCUT2D eigenvalue weighted by molar-refractivity contribution is 9.10. The molecule has 0 amide bonds. The first-order valence-corrected chi connectivity index (χ1v) is 6.74. The first-order chi connectivity index (χ1) is 9.13. The van der Waals surface area contributed by atoms with Crippen LogP contribution in [0.1, 0.15) is 22.8 Å². The number of ether oxygens (including phenoxy) is 1. The fourth-order valence-corrected chi connectivity index (χ4v) is 2.14. The second-order valence-corrected chi connectivity index (χ2v) is 4.85. The Morgan fingerprint density at radius 2 is 2.00 bits per heavy atom. The third kappa shape index (κ3) is 2.96. The molecule has 0 saturated carbocycles. The van der Waals surface area contributed by atoms with Gasteiger partial charge in [-0.1, -0.05) is 12.1 Å². The lowest BCUT2D eigenvalue weighted by atomic mass is 10.0. The highest BCUT2D eigenvalue weighted by Crippen LogP contribution is 2.25. The van der Waals surface area contributed by atoms with Gasteiger partial charge in [-0.05, 0) is 53.2 Å². The van der Waals surface area contributed by atoms with Crippen LogP contribution < -0.4 is 10.5 Å². The number of nitrogen functional groups attached to an aromatic ring is 1. The predicted octanol–water partition coefficient (Wildman–Crippen LogP) is 3.66. The topological polar surface area (TPSA) is 52.3 Å². The fraction of sp³-hybridized carbons (Fsp3) is 0.133. The molecule has 0 aliphatic rings. The van der Waals surface area contributed by atoms with Crippen molar-refractivity contribution in [3.63, 3.8) is 0 Å². The number of rotatable bonds is 4. The highest BCUT2D eigenvalue weighted by atomic mass is 79.9. The molecule has 19 heavy (non-hydrogen) atoms. The molecule has 0 radical (unpaired) electrons. The Kier molecular flexibility index (Phi) is 4.22. The molecule has 0 atom stereocenters. The minimum absolute atomic E-state index is 0.0789. The van der Waals surface area contributed by atoms with Gasteiger partial charge in [0, 0.05) is 15.7 Å². The van der Waals surface area contributed by atoms with E-state index in [2.05, 4.69) is 15.9 Å². The van der Waals surface area contributed by atoms with Gasteiger partial charge in [0.25, 0.3) is 0 Å². The molecule has 98 valence electrons. The summed E-state index contributed by atoms with van der Waals surface area (Å²) in [5, 5.41) is 0. The summed E-state index contributed by atoms with van der Waals surface area (Å²) >= 11 is 3.33. The summed E-state index contributed by atoms with van der Waals surface area (Å²) in [4.78, 5) is 12.5. The van der Waals surface area contributed by atoms with Crippen LogP contribution in [0.2, 0.25) is 0 Å². The maximum Gasteiger partial charge on any atom is 0.196 e. The number of nitrogens with two attached hydrogens (primary N) is 1. The zero-order valence-corrected chi connectivity index (χ0v) is 12.1. The molecule has 2 N–H and O–H groups in total. The van der Waals surface area contributed by atoms with Crippen molar-refractivity contribution in [3.8, 4) is 5.75 Å². The molecule has 0 heterocycles. The molecule has 0 aromatic heterocycles. The molecule has 0 unspecified atom stereocenters. The number of ketones is 1. The Labute approximate surface area is 120 Å². The van der Waals surface area contributed by atoms with Crippen molar-refractivity contribution in [2.24, 2.45) is 0 Å². The SMILES string of the molecule is CCOc1ccccc1C(=O)c1ccc(N)c(Br)c1. The zero-order valence-electron chi connectivity index (χ0n) is 10.5. The van der Waals surface area contributed by atoms with Crippen molar-refractivity contribution < 1.29 is 9.53 Å². The van der Waals surface area contributed by atoms with Crippen LogP contribution in [-0.4, -0.2) is 12.4 Å². The second-order valence-electron chi connectivity index (χ2n) is 3.99. The van der Waals surface area contributed by atoms with Gasteiger partial charge in [0.1, 0.15) is 5.75 Å². The molecule has 2 rings (SSSR count). The molecule has 0 saturated heterocycles. The van der Waals surface area contributed by atoms with E-state index in [1.807, 2.05) is 19.1 Å². The van der Waals surface area contributed by atoms with E-state index in [0.29, 0.717) is 33.6 Å². The van der Waals surface area contributed by atoms with Gasteiger partial charge in [0.2, 0.25) is 0 Å². The first kappa shape index (κ1) is 13.6. The molecule has 0 fully saturated rings. The highest BCUT2D eigenvalue weighted by Gasteiger charge is 2.14. The number of hydrogen-bond acceptors (Lipinski definition) is 3. The van der Waals surface area contributed by atoms with E-state index in [9.17, 15) is 4.79 Å². The smallest absolute Gasteiger partial charge is 0.196 e. The number of hydrogen-bond donors (Lipinski definition) is 1. The van der Waals surface area contributed by atoms with E-state index in [-0.39, 0.29) is 5.78 Å². The van der Waals surface area contributed by atoms with Crippen LogP contribution in [-0.2, 0) is 0 Å². The van der Waals surface area contributed by atoms with Gasteiger partial charge in [-0.15, -0.1) is 0 Å². The zero-order chi connectivity index (χ0) is 13.8. The molecule has 0 bridgehead atoms. The summed E-state index contributed by atoms with van der Waals surface area (Å²) in [5.74, 6) is 0.521. The van der Waals surface area contributed by atoms with Crippen molar-refractivity contribution in [2.75, 3.05) is 12.3 Å². The van der Waals surface area contributed by atoms with Crippen molar-refractivity contribution in [2.45, 2.75) is 6.92 Å². The van der Waals surface area contributed by atoms with Crippen molar-refractivity contribution in [1.82, 2.24) is 0 Å². The van der Waals surface area contributed by atoms with Crippen molar-refractivity contribution in [1.29, 1.82) is 0 Å². The number of benzene rings is 2. The number of halogens is 1. The predicted molar refractivity (Wildman–Crippen MR) is 79.6 cm³/mol. The largest absolute Gasteiger partial charge is 0.493 e. The summed E-state index contributed by atoms with van der Waals surface area (Å²) in [6, 6.07) is 12.4. The maximum absolute atomic E-state index is 12.5. The van der Waals surface area contributed by atoms with Gasteiger partial charge in [-0.2, -0.15) is 0 Å². The first-order valence-electron chi connectivity index (χ1n) is 5.95. The van der Waals surface area contributed by atoms with E-state index in [4.69, 9.17) is 10.5 Å². The Morgan fingerprint density at radius 1 is 1.26 bits per heavy atom. The van der Waals surface area contributed by atoms with Crippen molar-refractivity contribution in [3.05, 3.63) is 58.1 Å². The molecule has 2 aromatic rings. The normalized spacial score (nSPS) is 10.2. The molecule has 2 aromatic carbocycles. The minimum Gasteiger partial charge on any atom is -0.493 e. The summed E-state index contributed by atoms with van der Waals surface area (Å²) < 4.78 is 6.19. The lowest BCUT2D eigenvalue weighted by Gasteiger charge is -2.09. The molecule has 0 aliphatic heterocycles. The number of anilines is 1. The number of para-hydroxylation sites is 1. The quantitative estimate of drug-likeness (QED) is 0.691. The Bertz CT molecular complexity index is 611. The maximum atomic E-state index is 12.5. The van der Waals surface area contributed by atoms with Gasteiger partial charge < -0.3 is 10.5 Å². The van der Waals surface area contributed by atoms with E-state index < -0.39 is 0 Å². The van der Waals surface area contributed by atoms with Crippen LogP contribution in [0, 0.1) is 0 Å². The lowest BCUT2D eigenvalue weighted by molar-refractivity contribution is 0.103. The van der Waals surface area contributed by atoms with Gasteiger partial charge >= 0.3 is 0 Å². The van der Waals surface area contributed by atoms with Gasteiger partial charge in [-0.3, -0.25) is 4.79 Å². The van der Waals surface area contributed by atoms with Crippen LogP contribution >= 0.6 is 15.9 Å². The number of carbonyl (C=O) groups excluding carboxylic acids is 1. The van der Waals surface area contributed by atoms with Crippen LogP contribution in [0.4, 0.5) is 5.69 Å².